The summed E-state index contributed by atoms with van der Waals surface area (Å²) >= 11 is 1.54. The molecule has 0 bridgehead atoms. The third kappa shape index (κ3) is 6.79. The second-order valence-corrected chi connectivity index (χ2v) is 6.93. The third-order valence-corrected chi connectivity index (χ3v) is 4.66. The van der Waals surface area contributed by atoms with E-state index in [1.165, 1.54) is 24.4 Å². The Morgan fingerprint density at radius 3 is 2.33 bits per heavy atom. The Balaban J connectivity index is 1.95. The van der Waals surface area contributed by atoms with Gasteiger partial charge in [0.05, 0.1) is 6.42 Å². The van der Waals surface area contributed by atoms with E-state index in [1.54, 1.807) is 30.3 Å². The number of urea groups is 1. The van der Waals surface area contributed by atoms with Crippen LogP contribution in [0.4, 0.5) is 4.79 Å². The normalized spacial score (nSPS) is 11.3. The first-order valence-corrected chi connectivity index (χ1v) is 9.44. The number of hydrogen-bond acceptors (Lipinski definition) is 5. The van der Waals surface area contributed by atoms with Crippen molar-refractivity contribution < 1.29 is 19.1 Å². The first kappa shape index (κ1) is 20.5. The van der Waals surface area contributed by atoms with Crippen LogP contribution in [0.3, 0.4) is 0 Å². The van der Waals surface area contributed by atoms with Crippen LogP contribution in [-0.2, 0) is 14.3 Å². The standard InChI is InChI=1S/C20H22N2O4S/c1-14-8-10-16(11-9-14)27-13-12-17(23)26-18(15-6-4-3-5-7-15)19(24)22-20(25)21-2/h3-11,18H,12-13H2,1-2H3,(H2,21,22,24,25)/t18-/m0/s1. The minimum atomic E-state index is -1.18. The number of benzene rings is 2. The van der Waals surface area contributed by atoms with Crippen LogP contribution >= 0.6 is 11.8 Å². The van der Waals surface area contributed by atoms with Gasteiger partial charge in [0.1, 0.15) is 0 Å². The SMILES string of the molecule is CNC(=O)NC(=O)[C@@H](OC(=O)CCSc1ccc(C)cc1)c1ccccc1. The zero-order valence-electron chi connectivity index (χ0n) is 15.2. The van der Waals surface area contributed by atoms with Crippen LogP contribution < -0.4 is 10.6 Å². The highest BCUT2D eigenvalue weighted by atomic mass is 32.2. The number of rotatable bonds is 7. The molecule has 142 valence electrons. The predicted molar refractivity (Wildman–Crippen MR) is 104 cm³/mol. The Labute approximate surface area is 162 Å². The summed E-state index contributed by atoms with van der Waals surface area (Å²) in [4.78, 5) is 37.0. The van der Waals surface area contributed by atoms with Crippen LogP contribution in [0.15, 0.2) is 59.5 Å². The fourth-order valence-electron chi connectivity index (χ4n) is 2.22. The van der Waals surface area contributed by atoms with E-state index in [4.69, 9.17) is 4.74 Å². The van der Waals surface area contributed by atoms with E-state index in [2.05, 4.69) is 10.6 Å². The van der Waals surface area contributed by atoms with E-state index in [1.807, 2.05) is 31.2 Å². The number of thioether (sulfide) groups is 1. The number of carbonyl (C=O) groups excluding carboxylic acids is 3. The molecule has 2 rings (SSSR count). The summed E-state index contributed by atoms with van der Waals surface area (Å²) in [7, 11) is 1.40. The average molecular weight is 386 g/mol. The minimum absolute atomic E-state index is 0.148. The molecule has 6 nitrogen and oxygen atoms in total. The Morgan fingerprint density at radius 2 is 1.70 bits per heavy atom. The van der Waals surface area contributed by atoms with Crippen LogP contribution in [0.25, 0.3) is 0 Å². The number of hydrogen-bond donors (Lipinski definition) is 2. The van der Waals surface area contributed by atoms with Gasteiger partial charge in [0, 0.05) is 23.3 Å². The predicted octanol–water partition coefficient (Wildman–Crippen LogP) is 3.22. The fourth-order valence-corrected chi connectivity index (χ4v) is 3.05. The second-order valence-electron chi connectivity index (χ2n) is 5.76. The van der Waals surface area contributed by atoms with E-state index < -0.39 is 24.0 Å². The molecule has 3 amide bonds. The molecule has 0 aliphatic heterocycles. The van der Waals surface area contributed by atoms with Gasteiger partial charge in [-0.25, -0.2) is 4.79 Å². The minimum Gasteiger partial charge on any atom is -0.447 e. The number of imide groups is 1. The molecule has 0 heterocycles. The summed E-state index contributed by atoms with van der Waals surface area (Å²) in [5.74, 6) is -0.670. The molecule has 7 heteroatoms. The molecule has 0 fully saturated rings. The number of aryl methyl sites for hydroxylation is 1. The molecule has 2 aromatic carbocycles. The molecular weight excluding hydrogens is 364 g/mol. The van der Waals surface area contributed by atoms with Crippen LogP contribution in [-0.4, -0.2) is 30.7 Å². The van der Waals surface area contributed by atoms with Crippen molar-refractivity contribution in [2.45, 2.75) is 24.3 Å². The van der Waals surface area contributed by atoms with E-state index in [9.17, 15) is 14.4 Å². The van der Waals surface area contributed by atoms with Crippen LogP contribution in [0.5, 0.6) is 0 Å². The summed E-state index contributed by atoms with van der Waals surface area (Å²) in [5, 5.41) is 4.45. The molecule has 0 saturated heterocycles. The third-order valence-electron chi connectivity index (χ3n) is 3.65. The number of ether oxygens (including phenoxy) is 1. The number of carbonyl (C=O) groups is 3. The fraction of sp³-hybridized carbons (Fsp3) is 0.250. The van der Waals surface area contributed by atoms with Gasteiger partial charge in [-0.15, -0.1) is 11.8 Å². The van der Waals surface area contributed by atoms with Crippen molar-refractivity contribution in [2.75, 3.05) is 12.8 Å². The highest BCUT2D eigenvalue weighted by molar-refractivity contribution is 7.99. The van der Waals surface area contributed by atoms with Gasteiger partial charge in [-0.05, 0) is 19.1 Å². The maximum Gasteiger partial charge on any atom is 0.321 e. The van der Waals surface area contributed by atoms with Crippen molar-refractivity contribution in [1.29, 1.82) is 0 Å². The Morgan fingerprint density at radius 1 is 1.04 bits per heavy atom. The van der Waals surface area contributed by atoms with Crippen molar-refractivity contribution in [3.63, 3.8) is 0 Å². The summed E-state index contributed by atoms with van der Waals surface area (Å²) in [5.41, 5.74) is 1.67. The van der Waals surface area contributed by atoms with E-state index in [0.29, 0.717) is 11.3 Å². The van der Waals surface area contributed by atoms with Crippen LogP contribution in [0, 0.1) is 6.92 Å². The Kier molecular flexibility index (Phi) is 7.88. The van der Waals surface area contributed by atoms with E-state index in [0.717, 1.165) is 4.90 Å². The van der Waals surface area contributed by atoms with Gasteiger partial charge >= 0.3 is 12.0 Å². The molecule has 2 N–H and O–H groups in total. The molecule has 0 saturated carbocycles. The lowest BCUT2D eigenvalue weighted by Crippen LogP contribution is -2.41. The lowest BCUT2D eigenvalue weighted by molar-refractivity contribution is -0.155. The summed E-state index contributed by atoms with van der Waals surface area (Å²) in [6, 6.07) is 15.9. The number of amides is 3. The largest absolute Gasteiger partial charge is 0.447 e. The van der Waals surface area contributed by atoms with Gasteiger partial charge in [0.2, 0.25) is 6.10 Å². The van der Waals surface area contributed by atoms with E-state index >= 15 is 0 Å². The molecular formula is C20H22N2O4S. The summed E-state index contributed by atoms with van der Waals surface area (Å²) in [6.07, 6.45) is -1.03. The average Bonchev–Trinajstić information content (AvgIpc) is 2.68. The maximum atomic E-state index is 12.3. The number of esters is 1. The van der Waals surface area contributed by atoms with Gasteiger partial charge in [-0.3, -0.25) is 14.9 Å². The molecule has 0 radical (unpaired) electrons. The molecule has 1 atom stereocenters. The monoisotopic (exact) mass is 386 g/mol. The summed E-state index contributed by atoms with van der Waals surface area (Å²) < 4.78 is 5.36. The molecule has 0 spiro atoms. The summed E-state index contributed by atoms with van der Waals surface area (Å²) in [6.45, 7) is 2.01. The van der Waals surface area contributed by atoms with Crippen molar-refractivity contribution >= 4 is 29.7 Å². The van der Waals surface area contributed by atoms with Gasteiger partial charge in [-0.2, -0.15) is 0 Å². The number of nitrogens with one attached hydrogen (secondary N) is 2. The van der Waals surface area contributed by atoms with Crippen molar-refractivity contribution in [2.24, 2.45) is 0 Å². The quantitative estimate of drug-likeness (QED) is 0.564. The first-order chi connectivity index (χ1) is 13.0. The molecule has 0 aromatic heterocycles. The molecule has 0 unspecified atom stereocenters. The van der Waals surface area contributed by atoms with E-state index in [-0.39, 0.29) is 6.42 Å². The van der Waals surface area contributed by atoms with Crippen molar-refractivity contribution in [3.8, 4) is 0 Å². The highest BCUT2D eigenvalue weighted by Gasteiger charge is 2.26. The highest BCUT2D eigenvalue weighted by Crippen LogP contribution is 2.21. The Bertz CT molecular complexity index is 778. The van der Waals surface area contributed by atoms with Crippen LogP contribution in [0.2, 0.25) is 0 Å². The Hall–Kier alpha value is -2.80. The van der Waals surface area contributed by atoms with Crippen molar-refractivity contribution in [3.05, 3.63) is 65.7 Å². The second kappa shape index (κ2) is 10.4. The zero-order valence-corrected chi connectivity index (χ0v) is 16.0. The van der Waals surface area contributed by atoms with Gasteiger partial charge in [0.15, 0.2) is 0 Å². The van der Waals surface area contributed by atoms with Gasteiger partial charge in [0.25, 0.3) is 5.91 Å². The molecule has 0 aliphatic carbocycles. The lowest BCUT2D eigenvalue weighted by Gasteiger charge is -2.17. The van der Waals surface area contributed by atoms with Crippen LogP contribution in [0.1, 0.15) is 23.7 Å². The van der Waals surface area contributed by atoms with Crippen molar-refractivity contribution in [1.82, 2.24) is 10.6 Å². The van der Waals surface area contributed by atoms with Gasteiger partial charge in [-0.1, -0.05) is 48.0 Å². The maximum absolute atomic E-state index is 12.3. The smallest absolute Gasteiger partial charge is 0.321 e. The molecule has 2 aromatic rings. The topological polar surface area (TPSA) is 84.5 Å². The lowest BCUT2D eigenvalue weighted by atomic mass is 10.1. The first-order valence-electron chi connectivity index (χ1n) is 8.46. The molecule has 27 heavy (non-hydrogen) atoms. The zero-order chi connectivity index (χ0) is 19.6. The molecule has 0 aliphatic rings. The van der Waals surface area contributed by atoms with Gasteiger partial charge < -0.3 is 10.1 Å².